The predicted octanol–water partition coefficient (Wildman–Crippen LogP) is 1.02. The average Bonchev–Trinajstić information content (AvgIpc) is 1.93. The van der Waals surface area contributed by atoms with Crippen LogP contribution in [-0.4, -0.2) is 44.9 Å². The molecule has 0 amide bonds. The van der Waals surface area contributed by atoms with E-state index in [1.54, 1.807) is 0 Å². The van der Waals surface area contributed by atoms with Crippen LogP contribution in [0.3, 0.4) is 0 Å². The topological polar surface area (TPSA) is 24.5 Å². The van der Waals surface area contributed by atoms with Gasteiger partial charge in [0.2, 0.25) is 0 Å². The standard InChI is InChI=1S/C7H15F3N2O/c1-12(2)5-3-4-11-13-6-7(8,9)10/h11H,3-6H2,1-2H3. The molecule has 0 aromatic rings. The smallest absolute Gasteiger partial charge is 0.309 e. The molecule has 3 nitrogen and oxygen atoms in total. The fourth-order valence-corrected chi connectivity index (χ4v) is 0.672. The van der Waals surface area contributed by atoms with E-state index in [4.69, 9.17) is 0 Å². The van der Waals surface area contributed by atoms with Gasteiger partial charge in [-0.1, -0.05) is 0 Å². The molecular weight excluding hydrogens is 185 g/mol. The van der Waals surface area contributed by atoms with Crippen molar-refractivity contribution in [3.8, 4) is 0 Å². The minimum Gasteiger partial charge on any atom is -0.309 e. The van der Waals surface area contributed by atoms with Crippen molar-refractivity contribution in [1.29, 1.82) is 0 Å². The second-order valence-electron chi connectivity index (χ2n) is 2.96. The molecule has 0 aliphatic carbocycles. The van der Waals surface area contributed by atoms with Crippen LogP contribution in [-0.2, 0) is 4.84 Å². The summed E-state index contributed by atoms with van der Waals surface area (Å²) in [7, 11) is 3.80. The Morgan fingerprint density at radius 3 is 2.38 bits per heavy atom. The molecule has 0 aromatic heterocycles. The molecule has 80 valence electrons. The first-order valence-corrected chi connectivity index (χ1v) is 3.98. The first-order chi connectivity index (χ1) is 5.92. The van der Waals surface area contributed by atoms with E-state index in [2.05, 4.69) is 10.3 Å². The lowest BCUT2D eigenvalue weighted by Crippen LogP contribution is -2.27. The highest BCUT2D eigenvalue weighted by molar-refractivity contribution is 4.46. The Labute approximate surface area is 75.8 Å². The summed E-state index contributed by atoms with van der Waals surface area (Å²) in [5, 5.41) is 0. The largest absolute Gasteiger partial charge is 0.413 e. The number of halogens is 3. The molecule has 0 heterocycles. The van der Waals surface area contributed by atoms with E-state index in [0.717, 1.165) is 13.0 Å². The zero-order chi connectivity index (χ0) is 10.3. The summed E-state index contributed by atoms with van der Waals surface area (Å²) in [6.07, 6.45) is -3.50. The lowest BCUT2D eigenvalue weighted by molar-refractivity contribution is -0.189. The minimum atomic E-state index is -4.26. The number of rotatable bonds is 6. The van der Waals surface area contributed by atoms with Crippen molar-refractivity contribution < 1.29 is 18.0 Å². The third kappa shape index (κ3) is 11.7. The molecule has 13 heavy (non-hydrogen) atoms. The zero-order valence-corrected chi connectivity index (χ0v) is 7.82. The Balaban J connectivity index is 3.09. The van der Waals surface area contributed by atoms with Crippen molar-refractivity contribution in [2.45, 2.75) is 12.6 Å². The molecule has 0 rings (SSSR count). The van der Waals surface area contributed by atoms with Gasteiger partial charge in [0, 0.05) is 6.54 Å². The quantitative estimate of drug-likeness (QED) is 0.512. The van der Waals surface area contributed by atoms with Gasteiger partial charge in [-0.3, -0.25) is 4.84 Å². The molecular formula is C7H15F3N2O. The third-order valence-corrected chi connectivity index (χ3v) is 1.22. The van der Waals surface area contributed by atoms with Gasteiger partial charge in [0.1, 0.15) is 0 Å². The SMILES string of the molecule is CN(C)CCCNOCC(F)(F)F. The highest BCUT2D eigenvalue weighted by Gasteiger charge is 2.27. The maximum atomic E-state index is 11.5. The Kier molecular flexibility index (Phi) is 6.02. The van der Waals surface area contributed by atoms with Crippen LogP contribution in [0.4, 0.5) is 13.2 Å². The summed E-state index contributed by atoms with van der Waals surface area (Å²) >= 11 is 0. The van der Waals surface area contributed by atoms with Gasteiger partial charge >= 0.3 is 6.18 Å². The van der Waals surface area contributed by atoms with E-state index >= 15 is 0 Å². The van der Waals surface area contributed by atoms with Crippen molar-refractivity contribution in [3.63, 3.8) is 0 Å². The molecule has 0 radical (unpaired) electrons. The summed E-state index contributed by atoms with van der Waals surface area (Å²) in [4.78, 5) is 6.14. The molecule has 0 aromatic carbocycles. The normalized spacial score (nSPS) is 12.5. The van der Waals surface area contributed by atoms with Crippen molar-refractivity contribution in [2.24, 2.45) is 0 Å². The van der Waals surface area contributed by atoms with Crippen LogP contribution in [0.15, 0.2) is 0 Å². The summed E-state index contributed by atoms with van der Waals surface area (Å²) in [6, 6.07) is 0. The molecule has 6 heteroatoms. The van der Waals surface area contributed by atoms with Gasteiger partial charge in [-0.05, 0) is 27.1 Å². The van der Waals surface area contributed by atoms with Gasteiger partial charge in [0.25, 0.3) is 0 Å². The average molecular weight is 200 g/mol. The molecule has 0 saturated heterocycles. The lowest BCUT2D eigenvalue weighted by atomic mass is 10.4. The highest BCUT2D eigenvalue weighted by atomic mass is 19.4. The number of hydrogen-bond acceptors (Lipinski definition) is 3. The Morgan fingerprint density at radius 1 is 1.31 bits per heavy atom. The number of nitrogens with zero attached hydrogens (tertiary/aromatic N) is 1. The molecule has 0 aliphatic rings. The Hall–Kier alpha value is -0.330. The van der Waals surface area contributed by atoms with Crippen molar-refractivity contribution in [3.05, 3.63) is 0 Å². The second-order valence-corrected chi connectivity index (χ2v) is 2.96. The van der Waals surface area contributed by atoms with Gasteiger partial charge in [0.05, 0.1) is 0 Å². The van der Waals surface area contributed by atoms with E-state index in [1.807, 2.05) is 19.0 Å². The number of hydroxylamine groups is 1. The third-order valence-electron chi connectivity index (χ3n) is 1.22. The van der Waals surface area contributed by atoms with Crippen LogP contribution < -0.4 is 5.48 Å². The van der Waals surface area contributed by atoms with Gasteiger partial charge in [-0.15, -0.1) is 0 Å². The fraction of sp³-hybridized carbons (Fsp3) is 1.00. The molecule has 0 bridgehead atoms. The molecule has 0 unspecified atom stereocenters. The van der Waals surface area contributed by atoms with E-state index in [-0.39, 0.29) is 0 Å². The fourth-order valence-electron chi connectivity index (χ4n) is 0.672. The lowest BCUT2D eigenvalue weighted by Gasteiger charge is -2.10. The monoisotopic (exact) mass is 200 g/mol. The summed E-state index contributed by atoms with van der Waals surface area (Å²) < 4.78 is 34.6. The zero-order valence-electron chi connectivity index (χ0n) is 7.82. The molecule has 1 N–H and O–H groups in total. The van der Waals surface area contributed by atoms with E-state index in [9.17, 15) is 13.2 Å². The van der Waals surface area contributed by atoms with Gasteiger partial charge in [-0.2, -0.15) is 13.2 Å². The van der Waals surface area contributed by atoms with E-state index < -0.39 is 12.8 Å². The summed E-state index contributed by atoms with van der Waals surface area (Å²) in [6.45, 7) is 0.00556. The van der Waals surface area contributed by atoms with Crippen LogP contribution in [0, 0.1) is 0 Å². The van der Waals surface area contributed by atoms with Gasteiger partial charge in [0.15, 0.2) is 6.61 Å². The van der Waals surface area contributed by atoms with Crippen LogP contribution in [0.5, 0.6) is 0 Å². The summed E-state index contributed by atoms with van der Waals surface area (Å²) in [5.41, 5.74) is 2.25. The van der Waals surface area contributed by atoms with Crippen LogP contribution in [0.1, 0.15) is 6.42 Å². The van der Waals surface area contributed by atoms with Crippen molar-refractivity contribution in [2.75, 3.05) is 33.8 Å². The van der Waals surface area contributed by atoms with Gasteiger partial charge < -0.3 is 4.90 Å². The molecule has 0 spiro atoms. The molecule has 0 fully saturated rings. The number of nitrogens with one attached hydrogen (secondary N) is 1. The molecule has 0 atom stereocenters. The molecule has 0 aliphatic heterocycles. The minimum absolute atomic E-state index is 0.425. The maximum Gasteiger partial charge on any atom is 0.413 e. The first kappa shape index (κ1) is 12.7. The van der Waals surface area contributed by atoms with Crippen molar-refractivity contribution >= 4 is 0 Å². The maximum absolute atomic E-state index is 11.5. The van der Waals surface area contributed by atoms with Gasteiger partial charge in [-0.25, -0.2) is 5.48 Å². The Bertz CT molecular complexity index is 127. The first-order valence-electron chi connectivity index (χ1n) is 3.98. The van der Waals surface area contributed by atoms with Crippen LogP contribution in [0.2, 0.25) is 0 Å². The number of hydrogen-bond donors (Lipinski definition) is 1. The van der Waals surface area contributed by atoms with E-state index in [0.29, 0.717) is 6.54 Å². The van der Waals surface area contributed by atoms with Crippen LogP contribution in [0.25, 0.3) is 0 Å². The van der Waals surface area contributed by atoms with E-state index in [1.165, 1.54) is 0 Å². The Morgan fingerprint density at radius 2 is 1.92 bits per heavy atom. The second kappa shape index (κ2) is 6.17. The van der Waals surface area contributed by atoms with Crippen molar-refractivity contribution in [1.82, 2.24) is 10.4 Å². The highest BCUT2D eigenvalue weighted by Crippen LogP contribution is 2.13. The predicted molar refractivity (Wildman–Crippen MR) is 43.2 cm³/mol. The van der Waals surface area contributed by atoms with Crippen LogP contribution >= 0.6 is 0 Å². The summed E-state index contributed by atoms with van der Waals surface area (Å²) in [5.74, 6) is 0. The molecule has 0 saturated carbocycles. The number of alkyl halides is 3.